The molecule has 0 bridgehead atoms. The number of amides is 4. The third-order valence-electron chi connectivity index (χ3n) is 7.18. The van der Waals surface area contributed by atoms with Crippen molar-refractivity contribution in [2.45, 2.75) is 52.0 Å². The van der Waals surface area contributed by atoms with Gasteiger partial charge in [0.1, 0.15) is 5.54 Å². The van der Waals surface area contributed by atoms with Gasteiger partial charge in [0.25, 0.3) is 11.8 Å². The van der Waals surface area contributed by atoms with E-state index in [1.54, 1.807) is 34.7 Å². The number of carbonyl (C=O) groups excluding carboxylic acids is 4. The zero-order valence-electron chi connectivity index (χ0n) is 19.8. The van der Waals surface area contributed by atoms with Gasteiger partial charge in [-0.2, -0.15) is 0 Å². The fourth-order valence-electron chi connectivity index (χ4n) is 5.15. The summed E-state index contributed by atoms with van der Waals surface area (Å²) in [5.41, 5.74) is 2.60. The molecule has 2 aliphatic rings. The van der Waals surface area contributed by atoms with Crippen molar-refractivity contribution < 1.29 is 19.2 Å². The first-order valence-electron chi connectivity index (χ1n) is 11.7. The molecule has 4 rings (SSSR count). The predicted octanol–water partition coefficient (Wildman–Crippen LogP) is 3.45. The highest BCUT2D eigenvalue weighted by Gasteiger charge is 2.54. The number of imide groups is 1. The first kappa shape index (κ1) is 24.1. The second kappa shape index (κ2) is 9.66. The van der Waals surface area contributed by atoms with Gasteiger partial charge in [-0.1, -0.05) is 25.1 Å². The normalized spacial score (nSPS) is 21.1. The molecular weight excluding hydrogens is 452 g/mol. The van der Waals surface area contributed by atoms with E-state index in [-0.39, 0.29) is 29.5 Å². The standard InChI is InChI=1S/C25H30N4O4S/c1-4-25(23(32)29(24(33)27-25)14-11-21-16(2)26-15-34-21)18-9-12-28(13-10-18)22(31)20-8-6-5-7-19(20)17(3)30/h5-8,15,18H,4,9-14H2,1-3H3,(H,27,33). The fraction of sp³-hybridized carbons (Fsp3) is 0.480. The van der Waals surface area contributed by atoms with Gasteiger partial charge in [-0.25, -0.2) is 9.78 Å². The van der Waals surface area contributed by atoms with Crippen LogP contribution < -0.4 is 5.32 Å². The van der Waals surface area contributed by atoms with E-state index < -0.39 is 5.54 Å². The van der Waals surface area contributed by atoms with Crippen LogP contribution in [0.4, 0.5) is 4.79 Å². The summed E-state index contributed by atoms with van der Waals surface area (Å²) < 4.78 is 0. The fourth-order valence-corrected chi connectivity index (χ4v) is 5.93. The third kappa shape index (κ3) is 4.24. The Morgan fingerprint density at radius 2 is 1.85 bits per heavy atom. The molecule has 2 fully saturated rings. The van der Waals surface area contributed by atoms with E-state index in [9.17, 15) is 19.2 Å². The molecule has 180 valence electrons. The summed E-state index contributed by atoms with van der Waals surface area (Å²) in [6.07, 6.45) is 2.31. The van der Waals surface area contributed by atoms with Crippen LogP contribution in [0.15, 0.2) is 29.8 Å². The van der Waals surface area contributed by atoms with Crippen molar-refractivity contribution in [3.05, 3.63) is 51.5 Å². The second-order valence-corrected chi connectivity index (χ2v) is 9.93. The molecule has 1 aromatic carbocycles. The highest BCUT2D eigenvalue weighted by atomic mass is 32.1. The monoisotopic (exact) mass is 482 g/mol. The van der Waals surface area contributed by atoms with Crippen molar-refractivity contribution in [2.75, 3.05) is 19.6 Å². The van der Waals surface area contributed by atoms with Gasteiger partial charge in [-0.3, -0.25) is 19.3 Å². The van der Waals surface area contributed by atoms with E-state index >= 15 is 0 Å². The van der Waals surface area contributed by atoms with Gasteiger partial charge in [-0.15, -0.1) is 11.3 Å². The number of aromatic nitrogens is 1. The Bertz CT molecular complexity index is 1120. The van der Waals surface area contributed by atoms with Gasteiger partial charge >= 0.3 is 6.03 Å². The van der Waals surface area contributed by atoms with Crippen molar-refractivity contribution in [3.63, 3.8) is 0 Å². The van der Waals surface area contributed by atoms with Gasteiger partial charge < -0.3 is 10.2 Å². The minimum atomic E-state index is -0.938. The Kier molecular flexibility index (Phi) is 6.84. The van der Waals surface area contributed by atoms with Crippen molar-refractivity contribution in [1.29, 1.82) is 0 Å². The number of likely N-dealkylation sites (tertiary alicyclic amines) is 1. The molecule has 34 heavy (non-hydrogen) atoms. The molecule has 8 nitrogen and oxygen atoms in total. The van der Waals surface area contributed by atoms with E-state index in [0.29, 0.717) is 56.4 Å². The second-order valence-electron chi connectivity index (χ2n) is 8.99. The summed E-state index contributed by atoms with van der Waals surface area (Å²) in [6.45, 7) is 6.59. The number of benzene rings is 1. The largest absolute Gasteiger partial charge is 0.339 e. The molecular formula is C25H30N4O4S. The molecule has 2 aliphatic heterocycles. The smallest absolute Gasteiger partial charge is 0.325 e. The van der Waals surface area contributed by atoms with Crippen LogP contribution in [0.2, 0.25) is 0 Å². The number of nitrogens with zero attached hydrogens (tertiary/aromatic N) is 3. The van der Waals surface area contributed by atoms with Crippen LogP contribution in [0.25, 0.3) is 0 Å². The van der Waals surface area contributed by atoms with Crippen LogP contribution in [-0.4, -0.2) is 63.6 Å². The highest BCUT2D eigenvalue weighted by Crippen LogP contribution is 2.36. The van der Waals surface area contributed by atoms with E-state index in [1.165, 1.54) is 23.2 Å². The summed E-state index contributed by atoms with van der Waals surface area (Å²) in [7, 11) is 0. The zero-order valence-corrected chi connectivity index (χ0v) is 20.6. The third-order valence-corrected chi connectivity index (χ3v) is 8.18. The number of nitrogens with one attached hydrogen (secondary N) is 1. The predicted molar refractivity (Wildman–Crippen MR) is 129 cm³/mol. The van der Waals surface area contributed by atoms with Gasteiger partial charge in [0, 0.05) is 36.5 Å². The Hall–Kier alpha value is -3.07. The van der Waals surface area contributed by atoms with E-state index in [2.05, 4.69) is 10.3 Å². The van der Waals surface area contributed by atoms with Crippen molar-refractivity contribution in [2.24, 2.45) is 5.92 Å². The zero-order chi connectivity index (χ0) is 24.5. The number of ketones is 1. The van der Waals surface area contributed by atoms with Crippen LogP contribution >= 0.6 is 11.3 Å². The van der Waals surface area contributed by atoms with Crippen molar-refractivity contribution >= 4 is 35.0 Å². The molecule has 1 aromatic heterocycles. The maximum atomic E-state index is 13.5. The molecule has 0 spiro atoms. The number of Topliss-reactive ketones (excluding diaryl/α,β-unsaturated/α-hetero) is 1. The summed E-state index contributed by atoms with van der Waals surface area (Å²) >= 11 is 1.53. The SMILES string of the molecule is CCC1(C2CCN(C(=O)c3ccccc3C(C)=O)CC2)NC(=O)N(CCc2scnc2C)C1=O. The molecule has 1 unspecified atom stereocenters. The first-order chi connectivity index (χ1) is 16.3. The minimum Gasteiger partial charge on any atom is -0.339 e. The Morgan fingerprint density at radius 3 is 2.44 bits per heavy atom. The topological polar surface area (TPSA) is 99.7 Å². The molecule has 0 saturated carbocycles. The van der Waals surface area contributed by atoms with Crippen LogP contribution in [0, 0.1) is 12.8 Å². The average molecular weight is 483 g/mol. The van der Waals surface area contributed by atoms with Gasteiger partial charge in [0.2, 0.25) is 0 Å². The van der Waals surface area contributed by atoms with E-state index in [0.717, 1.165) is 10.6 Å². The summed E-state index contributed by atoms with van der Waals surface area (Å²) in [5.74, 6) is -0.542. The lowest BCUT2D eigenvalue weighted by Crippen LogP contribution is -2.56. The van der Waals surface area contributed by atoms with Gasteiger partial charge in [-0.05, 0) is 45.1 Å². The maximum Gasteiger partial charge on any atom is 0.325 e. The number of thiazole rings is 1. The molecule has 1 N–H and O–H groups in total. The minimum absolute atomic E-state index is 0.0591. The lowest BCUT2D eigenvalue weighted by Gasteiger charge is -2.40. The molecule has 2 aromatic rings. The average Bonchev–Trinajstić information content (AvgIpc) is 3.37. The molecule has 4 amide bonds. The van der Waals surface area contributed by atoms with Crippen LogP contribution in [-0.2, 0) is 11.2 Å². The number of rotatable bonds is 7. The van der Waals surface area contributed by atoms with Crippen LogP contribution in [0.3, 0.4) is 0 Å². The quantitative estimate of drug-likeness (QED) is 0.481. The Morgan fingerprint density at radius 1 is 1.18 bits per heavy atom. The van der Waals surface area contributed by atoms with Crippen molar-refractivity contribution in [3.8, 4) is 0 Å². The first-order valence-corrected chi connectivity index (χ1v) is 12.6. The molecule has 9 heteroatoms. The number of urea groups is 1. The highest BCUT2D eigenvalue weighted by molar-refractivity contribution is 7.09. The lowest BCUT2D eigenvalue weighted by atomic mass is 9.75. The summed E-state index contributed by atoms with van der Waals surface area (Å²) in [4.78, 5) is 59.7. The van der Waals surface area contributed by atoms with Crippen molar-refractivity contribution in [1.82, 2.24) is 20.1 Å². The number of piperidine rings is 1. The Labute approximate surface area is 203 Å². The molecule has 2 saturated heterocycles. The summed E-state index contributed by atoms with van der Waals surface area (Å²) in [5, 5.41) is 3.01. The molecule has 0 radical (unpaired) electrons. The van der Waals surface area contributed by atoms with Gasteiger partial charge in [0.05, 0.1) is 16.8 Å². The number of hydrogen-bond acceptors (Lipinski definition) is 6. The molecule has 0 aliphatic carbocycles. The molecule has 3 heterocycles. The number of carbonyl (C=O) groups is 4. The van der Waals surface area contributed by atoms with Gasteiger partial charge in [0.15, 0.2) is 5.78 Å². The number of aryl methyl sites for hydroxylation is 1. The van der Waals surface area contributed by atoms with Crippen LogP contribution in [0.5, 0.6) is 0 Å². The van der Waals surface area contributed by atoms with Crippen LogP contribution in [0.1, 0.15) is 64.4 Å². The number of hydrogen-bond donors (Lipinski definition) is 1. The van der Waals surface area contributed by atoms with E-state index in [1.807, 2.05) is 13.8 Å². The maximum absolute atomic E-state index is 13.5. The van der Waals surface area contributed by atoms with E-state index in [4.69, 9.17) is 0 Å². The Balaban J connectivity index is 1.44. The summed E-state index contributed by atoms with van der Waals surface area (Å²) in [6, 6.07) is 6.52. The molecule has 1 atom stereocenters. The lowest BCUT2D eigenvalue weighted by molar-refractivity contribution is -0.134.